The Morgan fingerprint density at radius 1 is 0.889 bits per heavy atom. The van der Waals surface area contributed by atoms with Crippen LogP contribution in [0.1, 0.15) is 48.0 Å². The molecular formula is C23H27N5O5S3. The van der Waals surface area contributed by atoms with Crippen molar-refractivity contribution in [2.45, 2.75) is 48.8 Å². The first-order valence-electron chi connectivity index (χ1n) is 11.6. The van der Waals surface area contributed by atoms with Crippen LogP contribution in [0.4, 0.5) is 10.8 Å². The van der Waals surface area contributed by atoms with Crippen molar-refractivity contribution >= 4 is 48.1 Å². The molecule has 4 rings (SSSR count). The molecule has 1 saturated heterocycles. The van der Waals surface area contributed by atoms with Gasteiger partial charge in [-0.05, 0) is 67.8 Å². The summed E-state index contributed by atoms with van der Waals surface area (Å²) in [5, 5.41) is 11.3. The molecule has 0 unspecified atom stereocenters. The molecule has 3 aromatic rings. The van der Waals surface area contributed by atoms with Crippen LogP contribution < -0.4 is 10.0 Å². The highest BCUT2D eigenvalue weighted by Gasteiger charge is 2.25. The summed E-state index contributed by atoms with van der Waals surface area (Å²) in [5.74, 6) is -0.441. The van der Waals surface area contributed by atoms with Crippen molar-refractivity contribution in [3.8, 4) is 0 Å². The zero-order chi connectivity index (χ0) is 25.8. The lowest BCUT2D eigenvalue weighted by Gasteiger charge is -2.20. The molecule has 13 heteroatoms. The number of nitrogens with zero attached hydrogens (tertiary/aromatic N) is 3. The number of hydrogen-bond donors (Lipinski definition) is 2. The molecule has 1 fully saturated rings. The van der Waals surface area contributed by atoms with Crippen molar-refractivity contribution in [1.82, 2.24) is 14.5 Å². The number of rotatable bonds is 8. The number of nitrogens with one attached hydrogen (secondary N) is 2. The van der Waals surface area contributed by atoms with Gasteiger partial charge in [0.2, 0.25) is 15.2 Å². The van der Waals surface area contributed by atoms with Gasteiger partial charge < -0.3 is 5.32 Å². The summed E-state index contributed by atoms with van der Waals surface area (Å²) in [4.78, 5) is 12.8. The van der Waals surface area contributed by atoms with Gasteiger partial charge in [-0.1, -0.05) is 31.1 Å². The Morgan fingerprint density at radius 3 is 2.08 bits per heavy atom. The van der Waals surface area contributed by atoms with Crippen LogP contribution >= 0.6 is 11.3 Å². The van der Waals surface area contributed by atoms with E-state index in [0.29, 0.717) is 25.2 Å². The minimum absolute atomic E-state index is 0.0109. The lowest BCUT2D eigenvalue weighted by molar-refractivity contribution is 0.102. The molecule has 36 heavy (non-hydrogen) atoms. The standard InChI is InChI=1S/C23H27N5O5S3/c1-2-21-25-26-23(34-21)27-35(30,31)19-13-9-18(10-14-19)24-22(29)17-7-11-20(12-8-17)36(32,33)28-15-5-3-4-6-16-28/h7-14H,2-6,15-16H2,1H3,(H,24,29)(H,26,27). The fourth-order valence-corrected chi connectivity index (χ4v) is 7.17. The summed E-state index contributed by atoms with van der Waals surface area (Å²) in [6.45, 7) is 2.91. The van der Waals surface area contributed by atoms with E-state index in [0.717, 1.165) is 30.7 Å². The third-order valence-corrected chi connectivity index (χ3v) is 10.1. The number of amides is 1. The predicted octanol–water partition coefficient (Wildman–Crippen LogP) is 3.72. The van der Waals surface area contributed by atoms with Crippen molar-refractivity contribution in [2.75, 3.05) is 23.1 Å². The van der Waals surface area contributed by atoms with Gasteiger partial charge >= 0.3 is 0 Å². The number of hydrogen-bond acceptors (Lipinski definition) is 8. The zero-order valence-electron chi connectivity index (χ0n) is 19.7. The minimum atomic E-state index is -3.85. The van der Waals surface area contributed by atoms with Gasteiger partial charge in [0.15, 0.2) is 0 Å². The van der Waals surface area contributed by atoms with Crippen molar-refractivity contribution < 1.29 is 21.6 Å². The number of carbonyl (C=O) groups excluding carboxylic acids is 1. The monoisotopic (exact) mass is 549 g/mol. The summed E-state index contributed by atoms with van der Waals surface area (Å²) in [6, 6.07) is 11.5. The van der Waals surface area contributed by atoms with Gasteiger partial charge in [-0.2, -0.15) is 4.31 Å². The molecule has 0 saturated carbocycles. The topological polar surface area (TPSA) is 138 Å². The van der Waals surface area contributed by atoms with Crippen LogP contribution in [-0.2, 0) is 26.5 Å². The number of benzene rings is 2. The Labute approximate surface area is 214 Å². The first-order chi connectivity index (χ1) is 17.2. The second-order valence-electron chi connectivity index (χ2n) is 8.28. The summed E-state index contributed by atoms with van der Waals surface area (Å²) in [5.41, 5.74) is 0.676. The Hall–Kier alpha value is -2.87. The first kappa shape index (κ1) is 26.2. The molecule has 0 radical (unpaired) electrons. The van der Waals surface area contributed by atoms with Gasteiger partial charge in [0.25, 0.3) is 15.9 Å². The maximum atomic E-state index is 12.9. The maximum absolute atomic E-state index is 12.9. The van der Waals surface area contributed by atoms with E-state index in [2.05, 4.69) is 20.2 Å². The van der Waals surface area contributed by atoms with Crippen LogP contribution in [0.3, 0.4) is 0 Å². The van der Waals surface area contributed by atoms with Gasteiger partial charge in [-0.3, -0.25) is 9.52 Å². The molecule has 2 aromatic carbocycles. The van der Waals surface area contributed by atoms with Crippen LogP contribution in [0, 0.1) is 0 Å². The molecule has 1 aromatic heterocycles. The minimum Gasteiger partial charge on any atom is -0.322 e. The Bertz CT molecular complexity index is 1410. The van der Waals surface area contributed by atoms with Crippen LogP contribution in [0.25, 0.3) is 0 Å². The van der Waals surface area contributed by atoms with Crippen LogP contribution in [-0.4, -0.2) is 50.3 Å². The summed E-state index contributed by atoms with van der Waals surface area (Å²) >= 11 is 1.17. The molecule has 2 heterocycles. The van der Waals surface area contributed by atoms with Gasteiger partial charge in [0.1, 0.15) is 5.01 Å². The molecule has 0 atom stereocenters. The zero-order valence-corrected chi connectivity index (χ0v) is 22.1. The van der Waals surface area contributed by atoms with Gasteiger partial charge in [-0.25, -0.2) is 16.8 Å². The fourth-order valence-electron chi connectivity index (χ4n) is 3.74. The molecule has 0 aliphatic carbocycles. The molecular weight excluding hydrogens is 522 g/mol. The highest BCUT2D eigenvalue weighted by atomic mass is 32.2. The number of aryl methyl sites for hydroxylation is 1. The molecule has 2 N–H and O–H groups in total. The Morgan fingerprint density at radius 2 is 1.50 bits per heavy atom. The Balaban J connectivity index is 1.40. The summed E-state index contributed by atoms with van der Waals surface area (Å²) < 4.78 is 54.9. The van der Waals surface area contributed by atoms with Gasteiger partial charge in [0.05, 0.1) is 9.79 Å². The van der Waals surface area contributed by atoms with Crippen molar-refractivity contribution in [2.24, 2.45) is 0 Å². The fraction of sp³-hybridized carbons (Fsp3) is 0.348. The number of anilines is 2. The average molecular weight is 550 g/mol. The molecule has 1 aliphatic heterocycles. The Kier molecular flexibility index (Phi) is 8.03. The van der Waals surface area contributed by atoms with E-state index in [1.807, 2.05) is 6.92 Å². The van der Waals surface area contributed by atoms with E-state index in [-0.39, 0.29) is 20.5 Å². The van der Waals surface area contributed by atoms with E-state index in [1.54, 1.807) is 0 Å². The van der Waals surface area contributed by atoms with Crippen LogP contribution in [0.2, 0.25) is 0 Å². The van der Waals surface area contributed by atoms with Gasteiger partial charge in [-0.15, -0.1) is 10.2 Å². The average Bonchev–Trinajstić information content (AvgIpc) is 3.12. The highest BCUT2D eigenvalue weighted by molar-refractivity contribution is 7.93. The largest absolute Gasteiger partial charge is 0.322 e. The second kappa shape index (κ2) is 11.0. The van der Waals surface area contributed by atoms with E-state index in [4.69, 9.17) is 0 Å². The lowest BCUT2D eigenvalue weighted by Crippen LogP contribution is -2.31. The SMILES string of the molecule is CCc1nnc(NS(=O)(=O)c2ccc(NC(=O)c3ccc(S(=O)(=O)N4CCCCCC4)cc3)cc2)s1. The summed E-state index contributed by atoms with van der Waals surface area (Å²) in [6.07, 6.45) is 4.40. The van der Waals surface area contributed by atoms with Crippen LogP contribution in [0.15, 0.2) is 58.3 Å². The molecule has 0 spiro atoms. The number of aromatic nitrogens is 2. The molecule has 10 nitrogen and oxygen atoms in total. The molecule has 1 aliphatic rings. The highest BCUT2D eigenvalue weighted by Crippen LogP contribution is 2.23. The smallest absolute Gasteiger partial charge is 0.263 e. The van der Waals surface area contributed by atoms with Gasteiger partial charge in [0, 0.05) is 24.3 Å². The van der Waals surface area contributed by atoms with E-state index < -0.39 is 26.0 Å². The normalized spacial score (nSPS) is 15.2. The first-order valence-corrected chi connectivity index (χ1v) is 15.3. The third-order valence-electron chi connectivity index (χ3n) is 5.73. The summed E-state index contributed by atoms with van der Waals surface area (Å²) in [7, 11) is -7.45. The maximum Gasteiger partial charge on any atom is 0.263 e. The van der Waals surface area contributed by atoms with Crippen molar-refractivity contribution in [3.05, 3.63) is 59.1 Å². The number of sulfonamides is 2. The second-order valence-corrected chi connectivity index (χ2v) is 13.0. The lowest BCUT2D eigenvalue weighted by atomic mass is 10.2. The number of carbonyl (C=O) groups is 1. The van der Waals surface area contributed by atoms with Crippen LogP contribution in [0.5, 0.6) is 0 Å². The van der Waals surface area contributed by atoms with Crippen molar-refractivity contribution in [3.63, 3.8) is 0 Å². The third kappa shape index (κ3) is 6.09. The van der Waals surface area contributed by atoms with E-state index in [1.165, 1.54) is 64.2 Å². The van der Waals surface area contributed by atoms with E-state index in [9.17, 15) is 21.6 Å². The van der Waals surface area contributed by atoms with E-state index >= 15 is 0 Å². The molecule has 0 bridgehead atoms. The van der Waals surface area contributed by atoms with Crippen molar-refractivity contribution in [1.29, 1.82) is 0 Å². The molecule has 192 valence electrons. The predicted molar refractivity (Wildman–Crippen MR) is 138 cm³/mol. The molecule has 1 amide bonds. The quantitative estimate of drug-likeness (QED) is 0.437.